The summed E-state index contributed by atoms with van der Waals surface area (Å²) < 4.78 is 0. The summed E-state index contributed by atoms with van der Waals surface area (Å²) in [7, 11) is 4.04. The number of piperidine rings is 1. The Morgan fingerprint density at radius 3 is 2.57 bits per heavy atom. The van der Waals surface area contributed by atoms with Crippen molar-refractivity contribution < 1.29 is 5.11 Å². The SMILES string of the molecule is Cc1nnc(N2CC[C@H](N(C)C)[C@@H](O)C2)c2ccccc12. The zero-order valence-corrected chi connectivity index (χ0v) is 12.8. The molecule has 1 aromatic heterocycles. The molecule has 1 aromatic carbocycles. The second-order valence-corrected chi connectivity index (χ2v) is 5.99. The Bertz CT molecular complexity index is 643. The summed E-state index contributed by atoms with van der Waals surface area (Å²) in [6.07, 6.45) is 0.563. The zero-order valence-electron chi connectivity index (χ0n) is 12.8. The fourth-order valence-electron chi connectivity index (χ4n) is 3.17. The van der Waals surface area contributed by atoms with E-state index in [2.05, 4.69) is 32.1 Å². The molecular weight excluding hydrogens is 264 g/mol. The molecule has 21 heavy (non-hydrogen) atoms. The molecule has 3 rings (SSSR count). The second-order valence-electron chi connectivity index (χ2n) is 5.99. The number of fused-ring (bicyclic) bond motifs is 1. The Morgan fingerprint density at radius 2 is 1.90 bits per heavy atom. The molecule has 0 bridgehead atoms. The van der Waals surface area contributed by atoms with Gasteiger partial charge in [0.25, 0.3) is 0 Å². The van der Waals surface area contributed by atoms with Gasteiger partial charge in [-0.1, -0.05) is 24.3 Å². The molecule has 5 nitrogen and oxygen atoms in total. The van der Waals surface area contributed by atoms with Crippen LogP contribution in [0.5, 0.6) is 0 Å². The van der Waals surface area contributed by atoms with E-state index >= 15 is 0 Å². The van der Waals surface area contributed by atoms with Crippen molar-refractivity contribution in [2.45, 2.75) is 25.5 Å². The summed E-state index contributed by atoms with van der Waals surface area (Å²) in [5.74, 6) is 0.882. The summed E-state index contributed by atoms with van der Waals surface area (Å²) in [5, 5.41) is 21.3. The number of hydrogen-bond donors (Lipinski definition) is 1. The van der Waals surface area contributed by atoms with Crippen molar-refractivity contribution in [3.63, 3.8) is 0 Å². The minimum atomic E-state index is -0.365. The highest BCUT2D eigenvalue weighted by Gasteiger charge is 2.30. The summed E-state index contributed by atoms with van der Waals surface area (Å²) in [4.78, 5) is 4.25. The van der Waals surface area contributed by atoms with Crippen molar-refractivity contribution in [2.24, 2.45) is 0 Å². The molecule has 0 spiro atoms. The molecular formula is C16H22N4O. The third kappa shape index (κ3) is 2.59. The van der Waals surface area contributed by atoms with Crippen LogP contribution in [0, 0.1) is 6.92 Å². The first kappa shape index (κ1) is 14.2. The standard InChI is InChI=1S/C16H22N4O/c1-11-12-6-4-5-7-13(12)16(18-17-11)20-9-8-14(19(2)3)15(21)10-20/h4-7,14-15,21H,8-10H2,1-3H3/t14-,15-/m0/s1. The number of nitrogens with zero attached hydrogens (tertiary/aromatic N) is 4. The first-order valence-electron chi connectivity index (χ1n) is 7.39. The number of hydrogen-bond acceptors (Lipinski definition) is 5. The van der Waals surface area contributed by atoms with Crippen LogP contribution in [0.2, 0.25) is 0 Å². The Hall–Kier alpha value is -1.72. The molecule has 1 aliphatic heterocycles. The van der Waals surface area contributed by atoms with Gasteiger partial charge in [0.05, 0.1) is 11.8 Å². The van der Waals surface area contributed by atoms with Crippen molar-refractivity contribution >= 4 is 16.6 Å². The molecule has 0 amide bonds. The fraction of sp³-hybridized carbons (Fsp3) is 0.500. The van der Waals surface area contributed by atoms with Gasteiger partial charge >= 0.3 is 0 Å². The summed E-state index contributed by atoms with van der Waals surface area (Å²) in [6.45, 7) is 3.47. The molecule has 0 aliphatic carbocycles. The van der Waals surface area contributed by atoms with Crippen molar-refractivity contribution in [1.82, 2.24) is 15.1 Å². The summed E-state index contributed by atoms with van der Waals surface area (Å²) in [5.41, 5.74) is 0.943. The molecule has 1 aliphatic rings. The van der Waals surface area contributed by atoms with E-state index in [-0.39, 0.29) is 12.1 Å². The second kappa shape index (κ2) is 5.58. The third-order valence-electron chi connectivity index (χ3n) is 4.36. The van der Waals surface area contributed by atoms with Gasteiger partial charge in [0.1, 0.15) is 0 Å². The topological polar surface area (TPSA) is 52.5 Å². The number of rotatable bonds is 2. The maximum atomic E-state index is 10.4. The quantitative estimate of drug-likeness (QED) is 0.905. The lowest BCUT2D eigenvalue weighted by molar-refractivity contribution is 0.0629. The van der Waals surface area contributed by atoms with E-state index in [1.807, 2.05) is 33.2 Å². The van der Waals surface area contributed by atoms with Crippen LogP contribution in [-0.4, -0.2) is 59.5 Å². The van der Waals surface area contributed by atoms with Crippen LogP contribution in [0.3, 0.4) is 0 Å². The lowest BCUT2D eigenvalue weighted by atomic mass is 10.0. The number of likely N-dealkylation sites (N-methyl/N-ethyl adjacent to an activating group) is 1. The first-order valence-corrected chi connectivity index (χ1v) is 7.39. The van der Waals surface area contributed by atoms with Gasteiger partial charge in [-0.3, -0.25) is 0 Å². The van der Waals surface area contributed by atoms with E-state index in [1.54, 1.807) is 0 Å². The van der Waals surface area contributed by atoms with Crippen LogP contribution in [0.25, 0.3) is 10.8 Å². The summed E-state index contributed by atoms with van der Waals surface area (Å²) in [6, 6.07) is 8.41. The Balaban J connectivity index is 1.94. The van der Waals surface area contributed by atoms with Crippen LogP contribution in [0.15, 0.2) is 24.3 Å². The zero-order chi connectivity index (χ0) is 15.0. The van der Waals surface area contributed by atoms with Gasteiger partial charge in [-0.2, -0.15) is 5.10 Å². The van der Waals surface area contributed by atoms with E-state index in [4.69, 9.17) is 0 Å². The number of aliphatic hydroxyl groups is 1. The number of aryl methyl sites for hydroxylation is 1. The van der Waals surface area contributed by atoms with Crippen LogP contribution in [0.1, 0.15) is 12.1 Å². The van der Waals surface area contributed by atoms with Crippen molar-refractivity contribution in [3.05, 3.63) is 30.0 Å². The molecule has 0 saturated carbocycles. The predicted octanol–water partition coefficient (Wildman–Crippen LogP) is 1.44. The molecule has 2 heterocycles. The lowest BCUT2D eigenvalue weighted by Gasteiger charge is -2.39. The van der Waals surface area contributed by atoms with Crippen LogP contribution in [-0.2, 0) is 0 Å². The number of β-amino-alcohol motifs (C(OH)–C–C–N with tert-alkyl or cyclic N) is 1. The maximum absolute atomic E-state index is 10.4. The maximum Gasteiger partial charge on any atom is 0.159 e. The van der Waals surface area contributed by atoms with Crippen LogP contribution in [0.4, 0.5) is 5.82 Å². The number of aromatic nitrogens is 2. The van der Waals surface area contributed by atoms with Crippen molar-refractivity contribution in [1.29, 1.82) is 0 Å². The van der Waals surface area contributed by atoms with Gasteiger partial charge < -0.3 is 14.9 Å². The predicted molar refractivity (Wildman–Crippen MR) is 84.6 cm³/mol. The monoisotopic (exact) mass is 286 g/mol. The molecule has 1 fully saturated rings. The van der Waals surface area contributed by atoms with E-state index in [0.717, 1.165) is 35.2 Å². The molecule has 1 N–H and O–H groups in total. The highest BCUT2D eigenvalue weighted by molar-refractivity contribution is 5.93. The minimum Gasteiger partial charge on any atom is -0.390 e. The van der Waals surface area contributed by atoms with Gasteiger partial charge in [-0.25, -0.2) is 0 Å². The molecule has 5 heteroatoms. The number of anilines is 1. The molecule has 1 saturated heterocycles. The average Bonchev–Trinajstić information content (AvgIpc) is 2.47. The molecule has 2 aromatic rings. The van der Waals surface area contributed by atoms with Crippen LogP contribution < -0.4 is 4.90 Å². The Kier molecular flexibility index (Phi) is 3.78. The Morgan fingerprint density at radius 1 is 1.19 bits per heavy atom. The molecule has 2 atom stereocenters. The lowest BCUT2D eigenvalue weighted by Crippen LogP contribution is -2.52. The third-order valence-corrected chi connectivity index (χ3v) is 4.36. The van der Waals surface area contributed by atoms with E-state index in [1.165, 1.54) is 0 Å². The van der Waals surface area contributed by atoms with Gasteiger partial charge in [-0.05, 0) is 27.4 Å². The van der Waals surface area contributed by atoms with E-state index < -0.39 is 0 Å². The highest BCUT2D eigenvalue weighted by atomic mass is 16.3. The largest absolute Gasteiger partial charge is 0.390 e. The summed E-state index contributed by atoms with van der Waals surface area (Å²) >= 11 is 0. The van der Waals surface area contributed by atoms with Gasteiger partial charge in [0, 0.05) is 29.9 Å². The Labute approximate surface area is 125 Å². The van der Waals surface area contributed by atoms with Crippen molar-refractivity contribution in [3.8, 4) is 0 Å². The first-order chi connectivity index (χ1) is 10.1. The molecule has 112 valence electrons. The molecule has 0 unspecified atom stereocenters. The average molecular weight is 286 g/mol. The van der Waals surface area contributed by atoms with Crippen molar-refractivity contribution in [2.75, 3.05) is 32.1 Å². The smallest absolute Gasteiger partial charge is 0.159 e. The van der Waals surface area contributed by atoms with E-state index in [9.17, 15) is 5.11 Å². The van der Waals surface area contributed by atoms with Gasteiger partial charge in [-0.15, -0.1) is 5.10 Å². The van der Waals surface area contributed by atoms with Gasteiger partial charge in [0.15, 0.2) is 5.82 Å². The number of benzene rings is 1. The van der Waals surface area contributed by atoms with Crippen LogP contribution >= 0.6 is 0 Å². The highest BCUT2D eigenvalue weighted by Crippen LogP contribution is 2.28. The molecule has 0 radical (unpaired) electrons. The van der Waals surface area contributed by atoms with E-state index in [0.29, 0.717) is 6.54 Å². The van der Waals surface area contributed by atoms with Gasteiger partial charge in [0.2, 0.25) is 0 Å². The fourth-order valence-corrected chi connectivity index (χ4v) is 3.17. The normalized spacial score (nSPS) is 23.0. The minimum absolute atomic E-state index is 0.214. The number of aliphatic hydroxyl groups excluding tert-OH is 1.